The molecule has 0 amide bonds. The minimum absolute atomic E-state index is 0.134. The van der Waals surface area contributed by atoms with Crippen molar-refractivity contribution >= 4 is 42.0 Å². The van der Waals surface area contributed by atoms with Gasteiger partial charge in [-0.3, -0.25) is 10.1 Å². The smallest absolute Gasteiger partial charge is 0.293 e. The van der Waals surface area contributed by atoms with Gasteiger partial charge >= 0.3 is 0 Å². The summed E-state index contributed by atoms with van der Waals surface area (Å²) in [6.07, 6.45) is 0.988. The summed E-state index contributed by atoms with van der Waals surface area (Å²) >= 11 is 0. The van der Waals surface area contributed by atoms with E-state index >= 15 is 0 Å². The predicted octanol–water partition coefficient (Wildman–Crippen LogP) is 2.66. The van der Waals surface area contributed by atoms with Crippen LogP contribution in [0.5, 0.6) is 0 Å². The van der Waals surface area contributed by atoms with Gasteiger partial charge in [-0.05, 0) is 35.0 Å². The zero-order valence-corrected chi connectivity index (χ0v) is 18.8. The number of sulfonamides is 1. The number of rotatable bonds is 5. The Morgan fingerprint density at radius 2 is 1.44 bits per heavy atom. The lowest BCUT2D eigenvalue weighted by Gasteiger charge is -2.35. The molecular weight excluding hydrogens is 454 g/mol. The zero-order chi connectivity index (χ0) is 23.1. The van der Waals surface area contributed by atoms with E-state index in [4.69, 9.17) is 0 Å². The highest BCUT2D eigenvalue weighted by molar-refractivity contribution is 7.90. The number of sulfone groups is 1. The molecule has 32 heavy (non-hydrogen) atoms. The lowest BCUT2D eigenvalue weighted by atomic mass is 10.1. The van der Waals surface area contributed by atoms with Crippen LogP contribution in [0.4, 0.5) is 11.4 Å². The summed E-state index contributed by atoms with van der Waals surface area (Å²) in [4.78, 5) is 12.7. The molecule has 1 fully saturated rings. The molecule has 0 spiro atoms. The fourth-order valence-electron chi connectivity index (χ4n) is 3.79. The molecule has 1 aliphatic rings. The van der Waals surface area contributed by atoms with Gasteiger partial charge in [-0.25, -0.2) is 16.8 Å². The van der Waals surface area contributed by atoms with Gasteiger partial charge in [-0.15, -0.1) is 0 Å². The van der Waals surface area contributed by atoms with E-state index in [1.165, 1.54) is 16.4 Å². The third-order valence-electron chi connectivity index (χ3n) is 5.51. The predicted molar refractivity (Wildman–Crippen MR) is 121 cm³/mol. The summed E-state index contributed by atoms with van der Waals surface area (Å²) in [5, 5.41) is 13.3. The van der Waals surface area contributed by atoms with Gasteiger partial charge in [-0.2, -0.15) is 4.31 Å². The number of nitro groups is 1. The van der Waals surface area contributed by atoms with E-state index in [1.807, 2.05) is 24.3 Å². The van der Waals surface area contributed by atoms with E-state index in [-0.39, 0.29) is 47.3 Å². The van der Waals surface area contributed by atoms with Gasteiger partial charge in [-0.1, -0.05) is 30.3 Å². The number of hydrogen-bond donors (Lipinski definition) is 0. The molecule has 0 atom stereocenters. The van der Waals surface area contributed by atoms with Gasteiger partial charge in [0.1, 0.15) is 5.69 Å². The first kappa shape index (κ1) is 22.2. The minimum atomic E-state index is -3.72. The van der Waals surface area contributed by atoms with Crippen LogP contribution in [0.15, 0.2) is 70.5 Å². The normalized spacial score (nSPS) is 15.7. The molecular formula is C21H21N3O6S2. The van der Waals surface area contributed by atoms with Crippen molar-refractivity contribution in [2.75, 3.05) is 37.3 Å². The number of benzene rings is 3. The number of fused-ring (bicyclic) bond motifs is 1. The van der Waals surface area contributed by atoms with E-state index in [0.717, 1.165) is 23.1 Å². The highest BCUT2D eigenvalue weighted by Crippen LogP contribution is 2.32. The molecule has 168 valence electrons. The summed E-state index contributed by atoms with van der Waals surface area (Å²) in [5.41, 5.74) is -0.0519. The van der Waals surface area contributed by atoms with Crippen LogP contribution in [0, 0.1) is 10.1 Å². The largest absolute Gasteiger partial charge is 0.363 e. The molecule has 0 aliphatic carbocycles. The highest BCUT2D eigenvalue weighted by atomic mass is 32.2. The van der Waals surface area contributed by atoms with E-state index in [1.54, 1.807) is 23.1 Å². The van der Waals surface area contributed by atoms with Crippen LogP contribution < -0.4 is 4.90 Å². The number of piperazine rings is 1. The van der Waals surface area contributed by atoms with Crippen LogP contribution in [-0.2, 0) is 19.9 Å². The first-order valence-electron chi connectivity index (χ1n) is 9.80. The fraction of sp³-hybridized carbons (Fsp3) is 0.238. The number of hydrogen-bond acceptors (Lipinski definition) is 7. The maximum absolute atomic E-state index is 13.1. The van der Waals surface area contributed by atoms with Gasteiger partial charge in [0.05, 0.1) is 14.7 Å². The van der Waals surface area contributed by atoms with Crippen molar-refractivity contribution < 1.29 is 21.8 Å². The Labute approximate surface area is 186 Å². The summed E-state index contributed by atoms with van der Waals surface area (Å²) in [6.45, 7) is 0.790. The standard InChI is InChI=1S/C21H21N3O6S2/c1-31(27,28)18-8-9-20(21(15-18)24(25)26)22-10-12-23(13-11-22)32(29,30)19-7-6-16-4-2-3-5-17(16)14-19/h2-9,14-15H,10-13H2,1H3. The molecule has 9 nitrogen and oxygen atoms in total. The highest BCUT2D eigenvalue weighted by Gasteiger charge is 2.31. The van der Waals surface area contributed by atoms with Crippen molar-refractivity contribution in [1.29, 1.82) is 0 Å². The molecule has 1 saturated heterocycles. The number of nitro benzene ring substituents is 1. The van der Waals surface area contributed by atoms with Crippen molar-refractivity contribution in [2.45, 2.75) is 9.79 Å². The molecule has 4 rings (SSSR count). The molecule has 0 aromatic heterocycles. The van der Waals surface area contributed by atoms with Gasteiger partial charge in [0, 0.05) is 38.5 Å². The second-order valence-electron chi connectivity index (χ2n) is 7.58. The Hall–Kier alpha value is -3.02. The molecule has 3 aromatic rings. The van der Waals surface area contributed by atoms with Crippen molar-refractivity contribution in [3.63, 3.8) is 0 Å². The quantitative estimate of drug-likeness (QED) is 0.411. The lowest BCUT2D eigenvalue weighted by molar-refractivity contribution is -0.384. The van der Waals surface area contributed by atoms with Gasteiger partial charge in [0.15, 0.2) is 9.84 Å². The minimum Gasteiger partial charge on any atom is -0.363 e. The molecule has 1 aliphatic heterocycles. The van der Waals surface area contributed by atoms with E-state index in [2.05, 4.69) is 0 Å². The molecule has 0 N–H and O–H groups in total. The lowest BCUT2D eigenvalue weighted by Crippen LogP contribution is -2.48. The molecule has 1 heterocycles. The van der Waals surface area contributed by atoms with Gasteiger partial charge < -0.3 is 4.90 Å². The maximum atomic E-state index is 13.1. The summed E-state index contributed by atoms with van der Waals surface area (Å²) < 4.78 is 51.2. The molecule has 11 heteroatoms. The van der Waals surface area contributed by atoms with Crippen LogP contribution in [-0.4, -0.2) is 58.5 Å². The Bertz CT molecular complexity index is 1410. The van der Waals surface area contributed by atoms with Crippen molar-refractivity contribution in [3.05, 3.63) is 70.8 Å². The number of anilines is 1. The Balaban J connectivity index is 1.56. The summed E-state index contributed by atoms with van der Waals surface area (Å²) in [6, 6.07) is 16.3. The fourth-order valence-corrected chi connectivity index (χ4v) is 5.89. The molecule has 0 unspecified atom stereocenters. The second kappa shape index (κ2) is 8.15. The monoisotopic (exact) mass is 475 g/mol. The third-order valence-corrected chi connectivity index (χ3v) is 8.51. The molecule has 0 bridgehead atoms. The van der Waals surface area contributed by atoms with E-state index in [0.29, 0.717) is 0 Å². The van der Waals surface area contributed by atoms with Gasteiger partial charge in [0.25, 0.3) is 5.69 Å². The average molecular weight is 476 g/mol. The van der Waals surface area contributed by atoms with Crippen LogP contribution in [0.25, 0.3) is 10.8 Å². The Kier molecular flexibility index (Phi) is 5.65. The van der Waals surface area contributed by atoms with Gasteiger partial charge in [0.2, 0.25) is 10.0 Å². The summed E-state index contributed by atoms with van der Waals surface area (Å²) in [5.74, 6) is 0. The molecule has 0 saturated carbocycles. The van der Waals surface area contributed by atoms with Crippen molar-refractivity contribution in [2.24, 2.45) is 0 Å². The van der Waals surface area contributed by atoms with Crippen LogP contribution >= 0.6 is 0 Å². The molecule has 3 aromatic carbocycles. The van der Waals surface area contributed by atoms with Crippen LogP contribution in [0.2, 0.25) is 0 Å². The van der Waals surface area contributed by atoms with Crippen molar-refractivity contribution in [3.8, 4) is 0 Å². The topological polar surface area (TPSA) is 118 Å². The number of nitrogens with zero attached hydrogens (tertiary/aromatic N) is 3. The summed E-state index contributed by atoms with van der Waals surface area (Å²) in [7, 11) is -7.31. The Morgan fingerprint density at radius 3 is 2.06 bits per heavy atom. The SMILES string of the molecule is CS(=O)(=O)c1ccc(N2CCN(S(=O)(=O)c3ccc4ccccc4c3)CC2)c([N+](=O)[O-])c1. The molecule has 0 radical (unpaired) electrons. The van der Waals surface area contributed by atoms with Crippen molar-refractivity contribution in [1.82, 2.24) is 4.31 Å². The zero-order valence-electron chi connectivity index (χ0n) is 17.2. The Morgan fingerprint density at radius 1 is 0.812 bits per heavy atom. The maximum Gasteiger partial charge on any atom is 0.293 e. The van der Waals surface area contributed by atoms with E-state index < -0.39 is 24.8 Å². The van der Waals surface area contributed by atoms with Crippen LogP contribution in [0.1, 0.15) is 0 Å². The first-order chi connectivity index (χ1) is 15.1. The first-order valence-corrected chi connectivity index (χ1v) is 13.1. The van der Waals surface area contributed by atoms with Crippen LogP contribution in [0.3, 0.4) is 0 Å². The second-order valence-corrected chi connectivity index (χ2v) is 11.5. The van der Waals surface area contributed by atoms with E-state index in [9.17, 15) is 26.9 Å². The average Bonchev–Trinajstić information content (AvgIpc) is 2.77. The third kappa shape index (κ3) is 4.18.